The molecular weight excluding hydrogens is 384 g/mol. The van der Waals surface area contributed by atoms with E-state index in [9.17, 15) is 9.59 Å². The van der Waals surface area contributed by atoms with Crippen LogP contribution in [0.15, 0.2) is 17.5 Å². The Bertz CT molecular complexity index is 1020. The van der Waals surface area contributed by atoms with Gasteiger partial charge in [0.05, 0.1) is 27.0 Å². The zero-order valence-corrected chi connectivity index (χ0v) is 16.8. The van der Waals surface area contributed by atoms with E-state index >= 15 is 0 Å². The van der Waals surface area contributed by atoms with Crippen LogP contribution in [-0.4, -0.2) is 36.1 Å². The number of esters is 1. The minimum atomic E-state index is -0.911. The molecule has 1 aromatic carbocycles. The molecule has 1 saturated carbocycles. The van der Waals surface area contributed by atoms with E-state index in [1.54, 1.807) is 22.7 Å². The lowest BCUT2D eigenvalue weighted by molar-refractivity contribution is -0.151. The highest BCUT2D eigenvalue weighted by Gasteiger charge is 2.43. The second-order valence-corrected chi connectivity index (χ2v) is 8.89. The third-order valence-electron chi connectivity index (χ3n) is 4.94. The molecule has 0 unspecified atom stereocenters. The maximum atomic E-state index is 12.5. The van der Waals surface area contributed by atoms with Crippen LogP contribution in [0.2, 0.25) is 0 Å². The molecule has 8 heteroatoms. The molecule has 1 fully saturated rings. The molecule has 1 amide bonds. The summed E-state index contributed by atoms with van der Waals surface area (Å²) in [6.45, 7) is 1.83. The van der Waals surface area contributed by atoms with E-state index < -0.39 is 5.54 Å². The highest BCUT2D eigenvalue weighted by atomic mass is 32.1. The zero-order chi connectivity index (χ0) is 19.0. The number of carbonyl (C=O) groups excluding carboxylic acids is 2. The number of nitrogens with zero attached hydrogens (tertiary/aromatic N) is 1. The Balaban J connectivity index is 1.53. The summed E-state index contributed by atoms with van der Waals surface area (Å²) in [5.74, 6) is -0.0301. The van der Waals surface area contributed by atoms with Gasteiger partial charge in [-0.25, -0.2) is 9.78 Å². The smallest absolute Gasteiger partial charge is 0.331 e. The van der Waals surface area contributed by atoms with Gasteiger partial charge >= 0.3 is 5.97 Å². The second kappa shape index (κ2) is 7.09. The van der Waals surface area contributed by atoms with Crippen LogP contribution in [0.5, 0.6) is 5.75 Å². The first-order chi connectivity index (χ1) is 13.0. The average molecular weight is 405 g/mol. The Morgan fingerprint density at radius 3 is 2.85 bits per heavy atom. The van der Waals surface area contributed by atoms with Crippen molar-refractivity contribution < 1.29 is 19.1 Å². The van der Waals surface area contributed by atoms with Crippen LogP contribution >= 0.6 is 22.7 Å². The number of thiazole rings is 1. The van der Waals surface area contributed by atoms with E-state index in [1.807, 2.05) is 24.4 Å². The van der Waals surface area contributed by atoms with Crippen LogP contribution in [0.4, 0.5) is 0 Å². The second-order valence-electron chi connectivity index (χ2n) is 6.74. The molecule has 0 saturated heterocycles. The molecule has 3 aromatic rings. The Labute approximate surface area is 164 Å². The summed E-state index contributed by atoms with van der Waals surface area (Å²) in [6, 6.07) is 3.92. The standard InChI is InChI=1S/C19H20N2O4S2/c1-11-20-16-14(27-11)9-13(12-5-8-26-17(12)16)25-10-15(22)21-19(18(23)24-2)6-3-4-7-19/h5,8-9H,3-4,6-7,10H2,1-2H3,(H,21,22). The molecule has 2 aromatic heterocycles. The number of benzene rings is 1. The van der Waals surface area contributed by atoms with Gasteiger partial charge < -0.3 is 14.8 Å². The van der Waals surface area contributed by atoms with Gasteiger partial charge in [0.15, 0.2) is 6.61 Å². The number of thiophene rings is 1. The van der Waals surface area contributed by atoms with Crippen molar-refractivity contribution in [2.24, 2.45) is 0 Å². The molecule has 4 rings (SSSR count). The Morgan fingerprint density at radius 2 is 2.11 bits per heavy atom. The fraction of sp³-hybridized carbons (Fsp3) is 0.421. The number of fused-ring (bicyclic) bond motifs is 3. The highest BCUT2D eigenvalue weighted by molar-refractivity contribution is 7.21. The van der Waals surface area contributed by atoms with Gasteiger partial charge in [-0.2, -0.15) is 0 Å². The predicted octanol–water partition coefficient (Wildman–Crippen LogP) is 3.80. The molecule has 2 heterocycles. The Morgan fingerprint density at radius 1 is 1.33 bits per heavy atom. The molecule has 0 radical (unpaired) electrons. The maximum absolute atomic E-state index is 12.5. The van der Waals surface area contributed by atoms with Crippen LogP contribution in [0.25, 0.3) is 20.3 Å². The van der Waals surface area contributed by atoms with Crippen molar-refractivity contribution in [1.29, 1.82) is 0 Å². The summed E-state index contributed by atoms with van der Waals surface area (Å²) in [6.07, 6.45) is 3.00. The molecule has 6 nitrogen and oxygen atoms in total. The molecule has 0 atom stereocenters. The van der Waals surface area contributed by atoms with E-state index in [0.717, 1.165) is 38.2 Å². The van der Waals surface area contributed by atoms with Crippen LogP contribution in [0.3, 0.4) is 0 Å². The molecule has 27 heavy (non-hydrogen) atoms. The van der Waals surface area contributed by atoms with Gasteiger partial charge in [-0.15, -0.1) is 22.7 Å². The number of aryl methyl sites for hydroxylation is 1. The lowest BCUT2D eigenvalue weighted by atomic mass is 9.98. The number of methoxy groups -OCH3 is 1. The summed E-state index contributed by atoms with van der Waals surface area (Å²) in [4.78, 5) is 29.2. The van der Waals surface area contributed by atoms with Gasteiger partial charge in [-0.05, 0) is 31.2 Å². The molecule has 142 valence electrons. The third kappa shape index (κ3) is 3.27. The van der Waals surface area contributed by atoms with E-state index in [2.05, 4.69) is 10.3 Å². The molecule has 1 aliphatic carbocycles. The number of carbonyl (C=O) groups is 2. The van der Waals surface area contributed by atoms with Crippen LogP contribution in [-0.2, 0) is 14.3 Å². The van der Waals surface area contributed by atoms with Crippen molar-refractivity contribution in [3.8, 4) is 5.75 Å². The summed E-state index contributed by atoms with van der Waals surface area (Å²) in [7, 11) is 1.35. The van der Waals surface area contributed by atoms with Crippen LogP contribution in [0, 0.1) is 6.92 Å². The lowest BCUT2D eigenvalue weighted by Crippen LogP contribution is -2.54. The number of nitrogens with one attached hydrogen (secondary N) is 1. The van der Waals surface area contributed by atoms with Gasteiger partial charge in [0.1, 0.15) is 11.3 Å². The van der Waals surface area contributed by atoms with Crippen molar-refractivity contribution in [2.75, 3.05) is 13.7 Å². The van der Waals surface area contributed by atoms with Gasteiger partial charge in [-0.1, -0.05) is 12.8 Å². The number of aromatic nitrogens is 1. The van der Waals surface area contributed by atoms with E-state index in [-0.39, 0.29) is 18.5 Å². The largest absolute Gasteiger partial charge is 0.483 e. The first-order valence-electron chi connectivity index (χ1n) is 8.82. The van der Waals surface area contributed by atoms with Crippen molar-refractivity contribution in [1.82, 2.24) is 10.3 Å². The van der Waals surface area contributed by atoms with Gasteiger partial charge in [0.2, 0.25) is 0 Å². The zero-order valence-electron chi connectivity index (χ0n) is 15.2. The van der Waals surface area contributed by atoms with Crippen molar-refractivity contribution in [3.63, 3.8) is 0 Å². The normalized spacial score (nSPS) is 15.9. The number of amides is 1. The van der Waals surface area contributed by atoms with Gasteiger partial charge in [0, 0.05) is 11.5 Å². The maximum Gasteiger partial charge on any atom is 0.331 e. The summed E-state index contributed by atoms with van der Waals surface area (Å²) in [5, 5.41) is 6.80. The molecular formula is C19H20N2O4S2. The van der Waals surface area contributed by atoms with Crippen molar-refractivity contribution in [3.05, 3.63) is 22.5 Å². The summed E-state index contributed by atoms with van der Waals surface area (Å²) in [5.41, 5.74) is 0.0703. The monoisotopic (exact) mass is 404 g/mol. The molecule has 0 aliphatic heterocycles. The van der Waals surface area contributed by atoms with Crippen LogP contribution < -0.4 is 10.1 Å². The molecule has 1 aliphatic rings. The first kappa shape index (κ1) is 18.2. The first-order valence-corrected chi connectivity index (χ1v) is 10.5. The van der Waals surface area contributed by atoms with E-state index in [4.69, 9.17) is 9.47 Å². The number of hydrogen-bond acceptors (Lipinski definition) is 7. The Hall–Kier alpha value is -2.19. The number of hydrogen-bond donors (Lipinski definition) is 1. The SMILES string of the molecule is COC(=O)C1(NC(=O)COc2cc3sc(C)nc3c3sccc23)CCCC1. The van der Waals surface area contributed by atoms with Gasteiger partial charge in [-0.3, -0.25) is 4.79 Å². The number of rotatable bonds is 5. The van der Waals surface area contributed by atoms with E-state index in [0.29, 0.717) is 18.6 Å². The molecule has 1 N–H and O–H groups in total. The summed E-state index contributed by atoms with van der Waals surface area (Å²) >= 11 is 3.22. The topological polar surface area (TPSA) is 77.5 Å². The van der Waals surface area contributed by atoms with E-state index in [1.165, 1.54) is 7.11 Å². The van der Waals surface area contributed by atoms with Crippen LogP contribution in [0.1, 0.15) is 30.7 Å². The van der Waals surface area contributed by atoms with Gasteiger partial charge in [0.25, 0.3) is 5.91 Å². The fourth-order valence-corrected chi connectivity index (χ4v) is 5.54. The minimum absolute atomic E-state index is 0.146. The molecule has 0 spiro atoms. The minimum Gasteiger partial charge on any atom is -0.483 e. The van der Waals surface area contributed by atoms with Crippen molar-refractivity contribution in [2.45, 2.75) is 38.1 Å². The Kier molecular flexibility index (Phi) is 4.77. The average Bonchev–Trinajstić information content (AvgIpc) is 3.37. The number of ether oxygens (including phenoxy) is 2. The van der Waals surface area contributed by atoms with Crippen molar-refractivity contribution >= 4 is 54.9 Å². The third-order valence-corrected chi connectivity index (χ3v) is 6.78. The fourth-order valence-electron chi connectivity index (χ4n) is 3.71. The summed E-state index contributed by atoms with van der Waals surface area (Å²) < 4.78 is 12.9. The highest BCUT2D eigenvalue weighted by Crippen LogP contribution is 2.39. The predicted molar refractivity (Wildman–Crippen MR) is 107 cm³/mol. The lowest BCUT2D eigenvalue weighted by Gasteiger charge is -2.27. The molecule has 0 bridgehead atoms. The quantitative estimate of drug-likeness (QED) is 0.655.